The van der Waals surface area contributed by atoms with Gasteiger partial charge >= 0.3 is 0 Å². The van der Waals surface area contributed by atoms with Gasteiger partial charge in [-0.25, -0.2) is 0 Å². The Morgan fingerprint density at radius 3 is 2.64 bits per heavy atom. The van der Waals surface area contributed by atoms with E-state index in [1.165, 1.54) is 11.5 Å². The van der Waals surface area contributed by atoms with Crippen molar-refractivity contribution in [2.45, 2.75) is 6.54 Å². The van der Waals surface area contributed by atoms with Gasteiger partial charge in [0.25, 0.3) is 0 Å². The summed E-state index contributed by atoms with van der Waals surface area (Å²) in [5.74, 6) is 3.34. The first-order chi connectivity index (χ1) is 6.90. The van der Waals surface area contributed by atoms with Crippen LogP contribution in [0, 0.1) is 0 Å². The minimum Gasteiger partial charge on any atom is -0.353 e. The summed E-state index contributed by atoms with van der Waals surface area (Å²) in [5, 5.41) is 8.21. The highest BCUT2D eigenvalue weighted by Crippen LogP contribution is 2.15. The van der Waals surface area contributed by atoms with Crippen LogP contribution in [-0.4, -0.2) is 34.8 Å². The third-order valence-corrected chi connectivity index (χ3v) is 3.19. The summed E-state index contributed by atoms with van der Waals surface area (Å²) in [5.41, 5.74) is 6.31. The molecule has 0 atom stereocenters. The summed E-state index contributed by atoms with van der Waals surface area (Å²) in [6.07, 6.45) is 0. The van der Waals surface area contributed by atoms with E-state index in [4.69, 9.17) is 5.73 Å². The molecule has 2 heterocycles. The molecule has 1 aliphatic heterocycles. The van der Waals surface area contributed by atoms with Crippen LogP contribution in [0.25, 0.3) is 0 Å². The minimum absolute atomic E-state index is 0.461. The highest BCUT2D eigenvalue weighted by Gasteiger charge is 2.12. The SMILES string of the molecule is NCc1ccc(N2CCSCC2)nn1. The molecule has 1 fully saturated rings. The van der Waals surface area contributed by atoms with Gasteiger partial charge in [-0.15, -0.1) is 5.10 Å². The second kappa shape index (κ2) is 4.61. The summed E-state index contributed by atoms with van der Waals surface area (Å²) in [7, 11) is 0. The number of aromatic nitrogens is 2. The molecule has 0 aromatic carbocycles. The minimum atomic E-state index is 0.461. The zero-order valence-electron chi connectivity index (χ0n) is 8.02. The Hall–Kier alpha value is -0.810. The molecule has 1 aromatic heterocycles. The third-order valence-electron chi connectivity index (χ3n) is 2.25. The zero-order valence-corrected chi connectivity index (χ0v) is 8.83. The highest BCUT2D eigenvalue weighted by molar-refractivity contribution is 7.99. The van der Waals surface area contributed by atoms with Crippen LogP contribution in [-0.2, 0) is 6.54 Å². The second-order valence-electron chi connectivity index (χ2n) is 3.19. The summed E-state index contributed by atoms with van der Waals surface area (Å²) in [4.78, 5) is 2.27. The lowest BCUT2D eigenvalue weighted by Crippen LogP contribution is -2.33. The number of rotatable bonds is 2. The number of thioether (sulfide) groups is 1. The lowest BCUT2D eigenvalue weighted by molar-refractivity contribution is 0.803. The Morgan fingerprint density at radius 1 is 1.29 bits per heavy atom. The molecule has 2 N–H and O–H groups in total. The lowest BCUT2D eigenvalue weighted by Gasteiger charge is -2.26. The molecule has 1 aliphatic rings. The molecule has 14 heavy (non-hydrogen) atoms. The third kappa shape index (κ3) is 2.16. The van der Waals surface area contributed by atoms with Crippen LogP contribution in [0.2, 0.25) is 0 Å². The smallest absolute Gasteiger partial charge is 0.151 e. The topological polar surface area (TPSA) is 55.0 Å². The number of hydrogen-bond donors (Lipinski definition) is 1. The van der Waals surface area contributed by atoms with Gasteiger partial charge in [0, 0.05) is 31.1 Å². The molecule has 0 amide bonds. The van der Waals surface area contributed by atoms with Crippen LogP contribution < -0.4 is 10.6 Å². The van der Waals surface area contributed by atoms with Crippen molar-refractivity contribution in [2.75, 3.05) is 29.5 Å². The van der Waals surface area contributed by atoms with E-state index in [-0.39, 0.29) is 0 Å². The highest BCUT2D eigenvalue weighted by atomic mass is 32.2. The van der Waals surface area contributed by atoms with Crippen molar-refractivity contribution in [1.29, 1.82) is 0 Å². The van der Waals surface area contributed by atoms with Gasteiger partial charge < -0.3 is 10.6 Å². The average Bonchev–Trinajstić information content (AvgIpc) is 2.30. The molecular weight excluding hydrogens is 196 g/mol. The monoisotopic (exact) mass is 210 g/mol. The fourth-order valence-electron chi connectivity index (χ4n) is 1.42. The van der Waals surface area contributed by atoms with Gasteiger partial charge in [-0.05, 0) is 12.1 Å². The lowest BCUT2D eigenvalue weighted by atomic mass is 10.3. The maximum atomic E-state index is 5.46. The summed E-state index contributed by atoms with van der Waals surface area (Å²) in [6.45, 7) is 2.60. The Balaban J connectivity index is 2.07. The van der Waals surface area contributed by atoms with Crippen LogP contribution in [0.5, 0.6) is 0 Å². The maximum absolute atomic E-state index is 5.46. The molecule has 5 heteroatoms. The van der Waals surface area contributed by atoms with E-state index in [1.807, 2.05) is 23.9 Å². The van der Waals surface area contributed by atoms with Crippen molar-refractivity contribution < 1.29 is 0 Å². The first-order valence-electron chi connectivity index (χ1n) is 4.75. The second-order valence-corrected chi connectivity index (χ2v) is 4.41. The van der Waals surface area contributed by atoms with E-state index >= 15 is 0 Å². The predicted octanol–water partition coefficient (Wildman–Crippen LogP) is 0.488. The van der Waals surface area contributed by atoms with Gasteiger partial charge in [-0.2, -0.15) is 16.9 Å². The normalized spacial score (nSPS) is 17.1. The molecule has 0 unspecified atom stereocenters. The number of nitrogens with zero attached hydrogens (tertiary/aromatic N) is 3. The van der Waals surface area contributed by atoms with Gasteiger partial charge in [-0.1, -0.05) is 0 Å². The largest absolute Gasteiger partial charge is 0.353 e. The summed E-state index contributed by atoms with van der Waals surface area (Å²) in [6, 6.07) is 3.95. The molecular formula is C9H14N4S. The number of anilines is 1. The summed E-state index contributed by atoms with van der Waals surface area (Å²) >= 11 is 1.99. The Bertz CT molecular complexity index is 281. The first-order valence-corrected chi connectivity index (χ1v) is 5.91. The van der Waals surface area contributed by atoms with Crippen LogP contribution in [0.3, 0.4) is 0 Å². The zero-order chi connectivity index (χ0) is 9.80. The molecule has 0 aliphatic carbocycles. The summed E-state index contributed by atoms with van der Waals surface area (Å²) < 4.78 is 0. The molecule has 2 rings (SSSR count). The van der Waals surface area contributed by atoms with Crippen LogP contribution >= 0.6 is 11.8 Å². The molecule has 0 bridgehead atoms. The molecule has 0 radical (unpaired) electrons. The van der Waals surface area contributed by atoms with Crippen molar-refractivity contribution in [3.8, 4) is 0 Å². The quantitative estimate of drug-likeness (QED) is 0.770. The molecule has 1 saturated heterocycles. The van der Waals surface area contributed by atoms with Crippen molar-refractivity contribution >= 4 is 17.6 Å². The fourth-order valence-corrected chi connectivity index (χ4v) is 2.33. The molecule has 1 aromatic rings. The van der Waals surface area contributed by atoms with Crippen molar-refractivity contribution in [1.82, 2.24) is 10.2 Å². The van der Waals surface area contributed by atoms with E-state index in [1.54, 1.807) is 0 Å². The Morgan fingerprint density at radius 2 is 2.07 bits per heavy atom. The number of hydrogen-bond acceptors (Lipinski definition) is 5. The molecule has 0 spiro atoms. The van der Waals surface area contributed by atoms with Crippen LogP contribution in [0.15, 0.2) is 12.1 Å². The maximum Gasteiger partial charge on any atom is 0.151 e. The van der Waals surface area contributed by atoms with E-state index in [0.29, 0.717) is 6.54 Å². The molecule has 76 valence electrons. The van der Waals surface area contributed by atoms with Gasteiger partial charge in [0.2, 0.25) is 0 Å². The van der Waals surface area contributed by atoms with E-state index in [0.717, 1.165) is 24.6 Å². The van der Waals surface area contributed by atoms with Crippen LogP contribution in [0.1, 0.15) is 5.69 Å². The van der Waals surface area contributed by atoms with E-state index in [2.05, 4.69) is 15.1 Å². The Kier molecular flexibility index (Phi) is 3.21. The standard InChI is InChI=1S/C9H14N4S/c10-7-8-1-2-9(12-11-8)13-3-5-14-6-4-13/h1-2H,3-7,10H2. The van der Waals surface area contributed by atoms with Gasteiger partial charge in [0.05, 0.1) is 5.69 Å². The van der Waals surface area contributed by atoms with E-state index < -0.39 is 0 Å². The van der Waals surface area contributed by atoms with Gasteiger partial charge in [0.15, 0.2) is 5.82 Å². The van der Waals surface area contributed by atoms with Crippen molar-refractivity contribution in [2.24, 2.45) is 5.73 Å². The number of nitrogens with two attached hydrogens (primary N) is 1. The Labute approximate surface area is 87.9 Å². The molecule has 4 nitrogen and oxygen atoms in total. The fraction of sp³-hybridized carbons (Fsp3) is 0.556. The van der Waals surface area contributed by atoms with Crippen molar-refractivity contribution in [3.63, 3.8) is 0 Å². The predicted molar refractivity (Wildman–Crippen MR) is 59.5 cm³/mol. The van der Waals surface area contributed by atoms with Gasteiger partial charge in [-0.3, -0.25) is 0 Å². The van der Waals surface area contributed by atoms with Crippen molar-refractivity contribution in [3.05, 3.63) is 17.8 Å². The van der Waals surface area contributed by atoms with Gasteiger partial charge in [0.1, 0.15) is 0 Å². The molecule has 0 saturated carbocycles. The first kappa shape index (κ1) is 9.73. The average molecular weight is 210 g/mol. The van der Waals surface area contributed by atoms with Crippen LogP contribution in [0.4, 0.5) is 5.82 Å². The van der Waals surface area contributed by atoms with E-state index in [9.17, 15) is 0 Å².